The van der Waals surface area contributed by atoms with Crippen LogP contribution in [-0.2, 0) is 34.2 Å². The highest BCUT2D eigenvalue weighted by Gasteiger charge is 2.32. The monoisotopic (exact) mass is 436 g/mol. The molecular formula is C23H24N4O3S. The predicted molar refractivity (Wildman–Crippen MR) is 117 cm³/mol. The van der Waals surface area contributed by atoms with E-state index in [0.29, 0.717) is 18.7 Å². The number of para-hydroxylation sites is 1. The van der Waals surface area contributed by atoms with Crippen molar-refractivity contribution in [2.45, 2.75) is 43.3 Å². The lowest BCUT2D eigenvalue weighted by Crippen LogP contribution is -2.33. The molecule has 0 unspecified atom stereocenters. The van der Waals surface area contributed by atoms with E-state index in [1.165, 1.54) is 32.5 Å². The van der Waals surface area contributed by atoms with Crippen LogP contribution in [0.2, 0.25) is 0 Å². The minimum Gasteiger partial charge on any atom is -0.348 e. The number of hydrogen-bond acceptors (Lipinski definition) is 4. The van der Waals surface area contributed by atoms with Crippen molar-refractivity contribution < 1.29 is 13.2 Å². The summed E-state index contributed by atoms with van der Waals surface area (Å²) in [6.45, 7) is 0.424. The number of carbonyl (C=O) groups is 1. The summed E-state index contributed by atoms with van der Waals surface area (Å²) < 4.78 is 29.1. The van der Waals surface area contributed by atoms with E-state index >= 15 is 0 Å². The predicted octanol–water partition coefficient (Wildman–Crippen LogP) is 2.83. The molecule has 160 valence electrons. The van der Waals surface area contributed by atoms with E-state index in [2.05, 4.69) is 22.4 Å². The van der Waals surface area contributed by atoms with Gasteiger partial charge in [-0.2, -0.15) is 8.42 Å². The number of aryl methyl sites for hydroxylation is 1. The first-order valence-electron chi connectivity index (χ1n) is 10.5. The van der Waals surface area contributed by atoms with Gasteiger partial charge in [-0.1, -0.05) is 42.5 Å². The van der Waals surface area contributed by atoms with E-state index in [0.717, 1.165) is 24.8 Å². The molecule has 0 spiro atoms. The largest absolute Gasteiger partial charge is 0.348 e. The van der Waals surface area contributed by atoms with E-state index in [1.54, 1.807) is 0 Å². The van der Waals surface area contributed by atoms with Crippen molar-refractivity contribution >= 4 is 21.6 Å². The van der Waals surface area contributed by atoms with Crippen molar-refractivity contribution in [2.24, 2.45) is 0 Å². The quantitative estimate of drug-likeness (QED) is 0.667. The summed E-state index contributed by atoms with van der Waals surface area (Å²) in [5, 5.41) is 3.05. The number of carbonyl (C=O) groups excluding carboxylic acids is 1. The molecule has 0 radical (unpaired) electrons. The molecule has 0 bridgehead atoms. The summed E-state index contributed by atoms with van der Waals surface area (Å²) in [5.74, 6) is -0.158. The molecule has 0 saturated heterocycles. The molecule has 0 fully saturated rings. The summed E-state index contributed by atoms with van der Waals surface area (Å²) in [6, 6.07) is 15.7. The number of hydrogen-bond donors (Lipinski definition) is 1. The molecule has 1 aromatic heterocycles. The molecule has 1 aliphatic heterocycles. The highest BCUT2D eigenvalue weighted by atomic mass is 32.2. The zero-order valence-corrected chi connectivity index (χ0v) is 17.9. The Morgan fingerprint density at radius 2 is 1.84 bits per heavy atom. The van der Waals surface area contributed by atoms with Gasteiger partial charge in [-0.15, -0.1) is 0 Å². The first-order valence-corrected chi connectivity index (χ1v) is 12.0. The van der Waals surface area contributed by atoms with Gasteiger partial charge in [0.25, 0.3) is 10.0 Å². The van der Waals surface area contributed by atoms with Crippen LogP contribution in [0.4, 0.5) is 5.69 Å². The van der Waals surface area contributed by atoms with Crippen LogP contribution >= 0.6 is 0 Å². The average Bonchev–Trinajstić information content (AvgIpc) is 3.42. The van der Waals surface area contributed by atoms with Crippen LogP contribution in [0.3, 0.4) is 0 Å². The molecule has 5 rings (SSSR count). The topological polar surface area (TPSA) is 84.3 Å². The number of nitrogens with zero attached hydrogens (tertiary/aromatic N) is 3. The Morgan fingerprint density at radius 3 is 2.71 bits per heavy atom. The van der Waals surface area contributed by atoms with Gasteiger partial charge in [-0.25, -0.2) is 4.98 Å². The Labute approximate surface area is 181 Å². The van der Waals surface area contributed by atoms with Gasteiger partial charge in [0.2, 0.25) is 5.91 Å². The number of anilines is 1. The summed E-state index contributed by atoms with van der Waals surface area (Å²) in [6.07, 6.45) is 6.49. The average molecular weight is 437 g/mol. The number of benzene rings is 2. The molecule has 8 heteroatoms. The molecule has 2 aromatic carbocycles. The highest BCUT2D eigenvalue weighted by Crippen LogP contribution is 2.32. The van der Waals surface area contributed by atoms with Crippen LogP contribution in [0, 0.1) is 0 Å². The first-order chi connectivity index (χ1) is 15.0. The van der Waals surface area contributed by atoms with Gasteiger partial charge in [0.05, 0.1) is 18.1 Å². The standard InChI is InChI=1S/C23H24N4O3S/c28-22(25-20-10-5-8-17-6-1-3-9-19(17)20)14-26-15-23(24-16-26)31(29,30)27-13-12-18-7-2-4-11-21(18)27/h1-4,6-7,9,11,15-16,20H,5,8,10,12-14H2,(H,25,28)/t20-/m1/s1. The summed E-state index contributed by atoms with van der Waals surface area (Å²) in [5.41, 5.74) is 4.16. The molecule has 1 N–H and O–H groups in total. The van der Waals surface area contributed by atoms with Crippen molar-refractivity contribution in [3.05, 3.63) is 77.7 Å². The van der Waals surface area contributed by atoms with Crippen molar-refractivity contribution in [3.8, 4) is 0 Å². The third kappa shape index (κ3) is 3.72. The maximum Gasteiger partial charge on any atom is 0.283 e. The summed E-state index contributed by atoms with van der Waals surface area (Å²) in [7, 11) is -3.76. The van der Waals surface area contributed by atoms with Gasteiger partial charge in [-0.3, -0.25) is 9.10 Å². The second-order valence-corrected chi connectivity index (χ2v) is 9.86. The second-order valence-electron chi connectivity index (χ2n) is 8.05. The van der Waals surface area contributed by atoms with Crippen LogP contribution in [0.1, 0.15) is 35.6 Å². The number of imidazole rings is 1. The molecule has 1 amide bonds. The van der Waals surface area contributed by atoms with Gasteiger partial charge in [0.1, 0.15) is 6.54 Å². The zero-order valence-electron chi connectivity index (χ0n) is 17.1. The Balaban J connectivity index is 1.29. The molecule has 7 nitrogen and oxygen atoms in total. The van der Waals surface area contributed by atoms with Crippen LogP contribution < -0.4 is 9.62 Å². The lowest BCUT2D eigenvalue weighted by molar-refractivity contribution is -0.122. The van der Waals surface area contributed by atoms with Crippen molar-refractivity contribution in [2.75, 3.05) is 10.8 Å². The third-order valence-corrected chi connectivity index (χ3v) is 7.74. The fourth-order valence-electron chi connectivity index (χ4n) is 4.54. The first kappa shape index (κ1) is 19.8. The molecule has 2 aliphatic rings. The second kappa shape index (κ2) is 7.85. The molecule has 0 saturated carbocycles. The zero-order chi connectivity index (χ0) is 21.4. The number of sulfonamides is 1. The molecule has 2 heterocycles. The molecule has 3 aromatic rings. The minimum absolute atomic E-state index is 0.00900. The molecule has 1 atom stereocenters. The lowest BCUT2D eigenvalue weighted by atomic mass is 9.88. The van der Waals surface area contributed by atoms with Gasteiger partial charge in [-0.05, 0) is 48.4 Å². The van der Waals surface area contributed by atoms with Gasteiger partial charge in [0.15, 0.2) is 5.03 Å². The third-order valence-electron chi connectivity index (χ3n) is 6.04. The molecule has 31 heavy (non-hydrogen) atoms. The maximum absolute atomic E-state index is 13.1. The van der Waals surface area contributed by atoms with Gasteiger partial charge >= 0.3 is 0 Å². The van der Waals surface area contributed by atoms with Gasteiger partial charge in [0, 0.05) is 12.7 Å². The fraction of sp³-hybridized carbons (Fsp3) is 0.304. The summed E-state index contributed by atoms with van der Waals surface area (Å²) in [4.78, 5) is 16.7. The number of amides is 1. The van der Waals surface area contributed by atoms with E-state index in [-0.39, 0.29) is 23.5 Å². The van der Waals surface area contributed by atoms with Crippen LogP contribution in [0.25, 0.3) is 0 Å². The minimum atomic E-state index is -3.76. The number of nitrogens with one attached hydrogen (secondary N) is 1. The molecule has 1 aliphatic carbocycles. The normalized spacial score (nSPS) is 17.8. The highest BCUT2D eigenvalue weighted by molar-refractivity contribution is 7.92. The van der Waals surface area contributed by atoms with Gasteiger partial charge < -0.3 is 9.88 Å². The Hall–Kier alpha value is -3.13. The number of fused-ring (bicyclic) bond motifs is 2. The lowest BCUT2D eigenvalue weighted by Gasteiger charge is -2.26. The fourth-order valence-corrected chi connectivity index (χ4v) is 5.98. The van der Waals surface area contributed by atoms with E-state index in [9.17, 15) is 13.2 Å². The Kier molecular flexibility index (Phi) is 5.02. The number of aromatic nitrogens is 2. The number of rotatable bonds is 5. The smallest absolute Gasteiger partial charge is 0.283 e. The Bertz CT molecular complexity index is 1230. The van der Waals surface area contributed by atoms with E-state index in [4.69, 9.17) is 0 Å². The van der Waals surface area contributed by atoms with Crippen molar-refractivity contribution in [1.29, 1.82) is 0 Å². The Morgan fingerprint density at radius 1 is 1.06 bits per heavy atom. The van der Waals surface area contributed by atoms with E-state index in [1.807, 2.05) is 36.4 Å². The van der Waals surface area contributed by atoms with E-state index < -0.39 is 10.0 Å². The SMILES string of the molecule is O=C(Cn1cnc(S(=O)(=O)N2CCc3ccccc32)c1)N[C@@H]1CCCc2ccccc21. The summed E-state index contributed by atoms with van der Waals surface area (Å²) >= 11 is 0. The van der Waals surface area contributed by atoms with Crippen molar-refractivity contribution in [3.63, 3.8) is 0 Å². The van der Waals surface area contributed by atoms with Crippen LogP contribution in [-0.4, -0.2) is 30.4 Å². The van der Waals surface area contributed by atoms with Crippen LogP contribution in [0.5, 0.6) is 0 Å². The molecular weight excluding hydrogens is 412 g/mol. The maximum atomic E-state index is 13.1. The van der Waals surface area contributed by atoms with Crippen molar-refractivity contribution in [1.82, 2.24) is 14.9 Å². The van der Waals surface area contributed by atoms with Crippen LogP contribution in [0.15, 0.2) is 66.1 Å².